The van der Waals surface area contributed by atoms with Crippen LogP contribution in [-0.2, 0) is 6.54 Å². The first-order chi connectivity index (χ1) is 8.56. The van der Waals surface area contributed by atoms with Crippen molar-refractivity contribution in [3.8, 4) is 0 Å². The van der Waals surface area contributed by atoms with Crippen LogP contribution in [0.3, 0.4) is 0 Å². The molecular weight excluding hydrogens is 324 g/mol. The number of benzene rings is 2. The van der Waals surface area contributed by atoms with Crippen molar-refractivity contribution in [3.05, 3.63) is 63.1 Å². The molecule has 0 aromatic heterocycles. The van der Waals surface area contributed by atoms with Crippen LogP contribution in [0.5, 0.6) is 0 Å². The van der Waals surface area contributed by atoms with Crippen LogP contribution in [0.1, 0.15) is 5.56 Å². The van der Waals surface area contributed by atoms with Crippen LogP contribution in [0.2, 0.25) is 5.02 Å². The van der Waals surface area contributed by atoms with Crippen LogP contribution < -0.4 is 5.32 Å². The first-order valence-corrected chi connectivity index (χ1v) is 6.36. The van der Waals surface area contributed by atoms with Crippen molar-refractivity contribution in [1.82, 2.24) is 0 Å². The Morgan fingerprint density at radius 2 is 1.89 bits per heavy atom. The van der Waals surface area contributed by atoms with E-state index in [0.717, 1.165) is 5.56 Å². The monoisotopic (exact) mass is 331 g/mol. The van der Waals surface area contributed by atoms with E-state index in [1.54, 1.807) is 18.2 Å². The van der Waals surface area contributed by atoms with Gasteiger partial charge in [-0.2, -0.15) is 0 Å². The average molecular weight is 333 g/mol. The summed E-state index contributed by atoms with van der Waals surface area (Å²) >= 11 is 9.00. The molecule has 5 heteroatoms. The van der Waals surface area contributed by atoms with Crippen molar-refractivity contribution in [1.29, 1.82) is 0 Å². The summed E-state index contributed by atoms with van der Waals surface area (Å²) in [7, 11) is 0. The van der Waals surface area contributed by atoms with Gasteiger partial charge in [0.25, 0.3) is 0 Å². The quantitative estimate of drug-likeness (QED) is 0.834. The maximum absolute atomic E-state index is 13.0. The average Bonchev–Trinajstić information content (AvgIpc) is 2.32. The van der Waals surface area contributed by atoms with E-state index in [4.69, 9.17) is 11.6 Å². The third kappa shape index (κ3) is 3.21. The van der Waals surface area contributed by atoms with Crippen LogP contribution in [0, 0.1) is 11.6 Å². The molecule has 0 atom stereocenters. The molecule has 0 unspecified atom stereocenters. The van der Waals surface area contributed by atoms with Crippen molar-refractivity contribution < 1.29 is 8.78 Å². The Labute approximate surface area is 117 Å². The lowest BCUT2D eigenvalue weighted by atomic mass is 10.2. The largest absolute Gasteiger partial charge is 0.380 e. The molecule has 0 fully saturated rings. The van der Waals surface area contributed by atoms with Crippen molar-refractivity contribution in [2.45, 2.75) is 6.54 Å². The Morgan fingerprint density at radius 3 is 2.56 bits per heavy atom. The van der Waals surface area contributed by atoms with E-state index < -0.39 is 0 Å². The minimum Gasteiger partial charge on any atom is -0.380 e. The number of anilines is 1. The van der Waals surface area contributed by atoms with Crippen LogP contribution >= 0.6 is 27.5 Å². The van der Waals surface area contributed by atoms with Gasteiger partial charge in [-0.25, -0.2) is 8.78 Å². The Bertz CT molecular complexity index is 575. The van der Waals surface area contributed by atoms with E-state index >= 15 is 0 Å². The molecule has 0 bridgehead atoms. The van der Waals surface area contributed by atoms with Gasteiger partial charge in [-0.3, -0.25) is 0 Å². The second-order valence-corrected chi connectivity index (χ2v) is 4.99. The Hall–Kier alpha value is -1.13. The molecule has 0 saturated heterocycles. The van der Waals surface area contributed by atoms with E-state index in [1.165, 1.54) is 18.2 Å². The molecule has 0 aliphatic rings. The molecule has 0 aliphatic heterocycles. The SMILES string of the molecule is Fc1ccc(NCc2ccc(F)c(Br)c2)c(Cl)c1. The first kappa shape index (κ1) is 13.3. The zero-order valence-corrected chi connectivity index (χ0v) is 11.5. The molecule has 0 saturated carbocycles. The fourth-order valence-electron chi connectivity index (χ4n) is 1.48. The predicted molar refractivity (Wildman–Crippen MR) is 72.8 cm³/mol. The van der Waals surface area contributed by atoms with Crippen LogP contribution in [0.15, 0.2) is 40.9 Å². The Balaban J connectivity index is 2.09. The van der Waals surface area contributed by atoms with Gasteiger partial charge >= 0.3 is 0 Å². The fourth-order valence-corrected chi connectivity index (χ4v) is 2.14. The lowest BCUT2D eigenvalue weighted by molar-refractivity contribution is 0.620. The zero-order valence-electron chi connectivity index (χ0n) is 9.18. The fraction of sp³-hybridized carbons (Fsp3) is 0.0769. The molecule has 0 spiro atoms. The highest BCUT2D eigenvalue weighted by atomic mass is 79.9. The van der Waals surface area contributed by atoms with Crippen molar-refractivity contribution in [2.24, 2.45) is 0 Å². The summed E-state index contributed by atoms with van der Waals surface area (Å²) in [6.07, 6.45) is 0. The van der Waals surface area contributed by atoms with Crippen molar-refractivity contribution >= 4 is 33.2 Å². The highest BCUT2D eigenvalue weighted by molar-refractivity contribution is 9.10. The van der Waals surface area contributed by atoms with Crippen LogP contribution in [0.4, 0.5) is 14.5 Å². The van der Waals surface area contributed by atoms with Gasteiger partial charge in [0.15, 0.2) is 0 Å². The number of hydrogen-bond donors (Lipinski definition) is 1. The van der Waals surface area contributed by atoms with E-state index in [2.05, 4.69) is 21.2 Å². The van der Waals surface area contributed by atoms with Crippen LogP contribution in [-0.4, -0.2) is 0 Å². The minimum atomic E-state index is -0.380. The van der Waals surface area contributed by atoms with Gasteiger partial charge in [0.2, 0.25) is 0 Å². The number of hydrogen-bond acceptors (Lipinski definition) is 1. The molecule has 1 nitrogen and oxygen atoms in total. The highest BCUT2D eigenvalue weighted by Gasteiger charge is 2.03. The molecule has 0 heterocycles. The maximum atomic E-state index is 13.0. The maximum Gasteiger partial charge on any atom is 0.137 e. The molecule has 94 valence electrons. The molecule has 1 N–H and O–H groups in total. The zero-order chi connectivity index (χ0) is 13.1. The summed E-state index contributed by atoms with van der Waals surface area (Å²) in [5.74, 6) is -0.686. The van der Waals surface area contributed by atoms with Gasteiger partial charge in [-0.1, -0.05) is 17.7 Å². The van der Waals surface area contributed by atoms with Gasteiger partial charge in [0.05, 0.1) is 15.2 Å². The Kier molecular flexibility index (Phi) is 4.19. The van der Waals surface area contributed by atoms with E-state index in [9.17, 15) is 8.78 Å². The lowest BCUT2D eigenvalue weighted by Gasteiger charge is -2.09. The van der Waals surface area contributed by atoms with Gasteiger partial charge < -0.3 is 5.32 Å². The third-order valence-electron chi connectivity index (χ3n) is 2.40. The van der Waals surface area contributed by atoms with E-state index in [1.807, 2.05) is 0 Å². The number of halogens is 4. The van der Waals surface area contributed by atoms with Gasteiger partial charge in [0, 0.05) is 6.54 Å². The molecule has 0 aliphatic carbocycles. The van der Waals surface area contributed by atoms with Crippen molar-refractivity contribution in [3.63, 3.8) is 0 Å². The first-order valence-electron chi connectivity index (χ1n) is 5.19. The summed E-state index contributed by atoms with van der Waals surface area (Å²) in [6.45, 7) is 0.476. The van der Waals surface area contributed by atoms with E-state index in [0.29, 0.717) is 21.7 Å². The Morgan fingerprint density at radius 1 is 1.11 bits per heavy atom. The molecule has 2 rings (SSSR count). The van der Waals surface area contributed by atoms with Crippen LogP contribution in [0.25, 0.3) is 0 Å². The smallest absolute Gasteiger partial charge is 0.137 e. The summed E-state index contributed by atoms with van der Waals surface area (Å²) in [5.41, 5.74) is 1.53. The normalized spacial score (nSPS) is 10.4. The standard InChI is InChI=1S/C13H9BrClF2N/c14-10-5-8(1-3-12(10)17)7-18-13-4-2-9(16)6-11(13)15/h1-6,18H,7H2. The summed E-state index contributed by atoms with van der Waals surface area (Å²) in [5, 5.41) is 3.38. The molecular formula is C13H9BrClF2N. The molecule has 0 amide bonds. The predicted octanol–water partition coefficient (Wildman–Crippen LogP) is 4.99. The highest BCUT2D eigenvalue weighted by Crippen LogP contribution is 2.23. The van der Waals surface area contributed by atoms with E-state index in [-0.39, 0.29) is 11.6 Å². The number of rotatable bonds is 3. The number of nitrogens with one attached hydrogen (secondary N) is 1. The van der Waals surface area contributed by atoms with Crippen molar-refractivity contribution in [2.75, 3.05) is 5.32 Å². The topological polar surface area (TPSA) is 12.0 Å². The minimum absolute atomic E-state index is 0.307. The second-order valence-electron chi connectivity index (χ2n) is 3.73. The molecule has 0 radical (unpaired) electrons. The second kappa shape index (κ2) is 5.67. The third-order valence-corrected chi connectivity index (χ3v) is 3.32. The van der Waals surface area contributed by atoms with Gasteiger partial charge in [-0.15, -0.1) is 0 Å². The molecule has 18 heavy (non-hydrogen) atoms. The summed E-state index contributed by atoms with van der Waals surface area (Å²) in [6, 6.07) is 8.87. The van der Waals surface area contributed by atoms with Gasteiger partial charge in [0.1, 0.15) is 11.6 Å². The lowest BCUT2D eigenvalue weighted by Crippen LogP contribution is -2.00. The summed E-state index contributed by atoms with van der Waals surface area (Å²) in [4.78, 5) is 0. The van der Waals surface area contributed by atoms with Gasteiger partial charge in [-0.05, 0) is 51.8 Å². The molecule has 2 aromatic carbocycles. The molecule has 2 aromatic rings. The summed E-state index contributed by atoms with van der Waals surface area (Å²) < 4.78 is 26.3.